The molecule has 0 bridgehead atoms. The number of nitrogens with zero attached hydrogens (tertiary/aromatic N) is 2. The number of hydrogen-bond acceptors (Lipinski definition) is 2. The third kappa shape index (κ3) is 2.98. The minimum absolute atomic E-state index is 0.418. The average molecular weight is 282 g/mol. The van der Waals surface area contributed by atoms with Gasteiger partial charge >= 0.3 is 6.18 Å². The number of hydrogen-bond donors (Lipinski definition) is 2. The molecule has 0 spiro atoms. The topological polar surface area (TPSA) is 67.7 Å². The van der Waals surface area contributed by atoms with Crippen LogP contribution in [0.15, 0.2) is 42.7 Å². The summed E-state index contributed by atoms with van der Waals surface area (Å²) in [4.78, 5) is 4.07. The van der Waals surface area contributed by atoms with Gasteiger partial charge in [-0.25, -0.2) is 4.98 Å². The highest BCUT2D eigenvalue weighted by atomic mass is 19.4. The van der Waals surface area contributed by atoms with Crippen molar-refractivity contribution in [3.05, 3.63) is 42.7 Å². The number of amidine groups is 1. The normalized spacial score (nSPS) is 13.2. The molecule has 1 heterocycles. The first kappa shape index (κ1) is 14.1. The van der Waals surface area contributed by atoms with E-state index in [1.807, 2.05) is 6.07 Å². The number of aromatic nitrogens is 2. The van der Waals surface area contributed by atoms with Crippen LogP contribution >= 0.6 is 0 Å². The Hall–Kier alpha value is -2.31. The Morgan fingerprint density at radius 1 is 1.30 bits per heavy atom. The maximum atomic E-state index is 12.8. The van der Waals surface area contributed by atoms with Crippen LogP contribution in [-0.2, 0) is 6.54 Å². The number of nitrogens with one attached hydrogen (secondary N) is 1. The highest BCUT2D eigenvalue weighted by Crippen LogP contribution is 2.29. The molecule has 0 aliphatic carbocycles. The molecule has 0 saturated heterocycles. The van der Waals surface area contributed by atoms with Crippen LogP contribution in [0.25, 0.3) is 11.4 Å². The van der Waals surface area contributed by atoms with E-state index in [9.17, 15) is 13.2 Å². The van der Waals surface area contributed by atoms with E-state index in [4.69, 9.17) is 11.1 Å². The summed E-state index contributed by atoms with van der Waals surface area (Å²) in [5.41, 5.74) is 5.77. The smallest absolute Gasteiger partial charge is 0.387 e. The van der Waals surface area contributed by atoms with E-state index in [1.165, 1.54) is 17.0 Å². The van der Waals surface area contributed by atoms with Crippen molar-refractivity contribution in [1.29, 1.82) is 5.41 Å². The van der Waals surface area contributed by atoms with Crippen molar-refractivity contribution >= 4 is 5.84 Å². The molecule has 1 aromatic heterocycles. The van der Waals surface area contributed by atoms with E-state index in [0.717, 1.165) is 0 Å². The lowest BCUT2D eigenvalue weighted by atomic mass is 10.1. The molecule has 1 aromatic carbocycles. The fourth-order valence-corrected chi connectivity index (χ4v) is 1.88. The Kier molecular flexibility index (Phi) is 3.78. The maximum Gasteiger partial charge on any atom is 0.400 e. The van der Waals surface area contributed by atoms with Gasteiger partial charge in [-0.1, -0.05) is 30.3 Å². The SMILES string of the molecule is N=C(N)C(Cn1ccnc1-c1ccccc1)C(F)(F)F. The molecule has 0 aliphatic rings. The third-order valence-electron chi connectivity index (χ3n) is 2.90. The van der Waals surface area contributed by atoms with Crippen molar-refractivity contribution in [1.82, 2.24) is 9.55 Å². The summed E-state index contributed by atoms with van der Waals surface area (Å²) in [6, 6.07) is 8.89. The van der Waals surface area contributed by atoms with E-state index < -0.39 is 24.5 Å². The molecule has 1 unspecified atom stereocenters. The van der Waals surface area contributed by atoms with Crippen LogP contribution in [0.1, 0.15) is 0 Å². The van der Waals surface area contributed by atoms with Crippen LogP contribution in [0.2, 0.25) is 0 Å². The van der Waals surface area contributed by atoms with Crippen molar-refractivity contribution in [3.8, 4) is 11.4 Å². The minimum Gasteiger partial charge on any atom is -0.387 e. The van der Waals surface area contributed by atoms with Crippen LogP contribution in [0, 0.1) is 11.3 Å². The minimum atomic E-state index is -4.55. The molecule has 0 fully saturated rings. The van der Waals surface area contributed by atoms with Crippen LogP contribution in [0.4, 0.5) is 13.2 Å². The zero-order valence-corrected chi connectivity index (χ0v) is 10.4. The molecule has 0 amide bonds. The number of alkyl halides is 3. The Bertz CT molecular complexity index is 589. The quantitative estimate of drug-likeness (QED) is 0.668. The monoisotopic (exact) mass is 282 g/mol. The second-order valence-electron chi connectivity index (χ2n) is 4.32. The molecule has 3 N–H and O–H groups in total. The van der Waals surface area contributed by atoms with Gasteiger partial charge in [-0.15, -0.1) is 0 Å². The largest absolute Gasteiger partial charge is 0.400 e. The Labute approximate surface area is 113 Å². The Morgan fingerprint density at radius 2 is 1.95 bits per heavy atom. The highest BCUT2D eigenvalue weighted by molar-refractivity contribution is 5.80. The van der Waals surface area contributed by atoms with Crippen molar-refractivity contribution in [3.63, 3.8) is 0 Å². The molecular weight excluding hydrogens is 269 g/mol. The lowest BCUT2D eigenvalue weighted by Crippen LogP contribution is -2.38. The first-order chi connectivity index (χ1) is 9.39. The zero-order valence-electron chi connectivity index (χ0n) is 10.4. The van der Waals surface area contributed by atoms with Gasteiger partial charge in [0.15, 0.2) is 0 Å². The van der Waals surface area contributed by atoms with Gasteiger partial charge in [-0.05, 0) is 0 Å². The molecule has 4 nitrogen and oxygen atoms in total. The summed E-state index contributed by atoms with van der Waals surface area (Å²) in [5, 5.41) is 7.11. The van der Waals surface area contributed by atoms with Crippen LogP contribution in [-0.4, -0.2) is 21.6 Å². The molecule has 20 heavy (non-hydrogen) atoms. The number of rotatable bonds is 4. The molecular formula is C13H13F3N4. The van der Waals surface area contributed by atoms with Gasteiger partial charge in [-0.2, -0.15) is 13.2 Å². The van der Waals surface area contributed by atoms with E-state index >= 15 is 0 Å². The summed E-state index contributed by atoms with van der Waals surface area (Å²) >= 11 is 0. The van der Waals surface area contributed by atoms with Crippen molar-refractivity contribution < 1.29 is 13.2 Å². The molecule has 7 heteroatoms. The number of benzene rings is 1. The molecule has 0 radical (unpaired) electrons. The molecule has 1 atom stereocenters. The van der Waals surface area contributed by atoms with Gasteiger partial charge in [0.2, 0.25) is 0 Å². The van der Waals surface area contributed by atoms with Gasteiger partial charge in [0.25, 0.3) is 0 Å². The molecule has 0 saturated carbocycles. The van der Waals surface area contributed by atoms with E-state index in [2.05, 4.69) is 4.98 Å². The van der Waals surface area contributed by atoms with Gasteiger partial charge in [0, 0.05) is 24.5 Å². The predicted octanol–water partition coefficient (Wildman–Crippen LogP) is 2.66. The number of imidazole rings is 1. The highest BCUT2D eigenvalue weighted by Gasteiger charge is 2.42. The summed E-state index contributed by atoms with van der Waals surface area (Å²) in [6.07, 6.45) is -1.68. The molecule has 2 rings (SSSR count). The summed E-state index contributed by atoms with van der Waals surface area (Å²) in [5.74, 6) is -2.49. The summed E-state index contributed by atoms with van der Waals surface area (Å²) < 4.78 is 39.9. The van der Waals surface area contributed by atoms with E-state index in [1.54, 1.807) is 24.3 Å². The number of nitrogens with two attached hydrogens (primary N) is 1. The van der Waals surface area contributed by atoms with Gasteiger partial charge in [-0.3, -0.25) is 5.41 Å². The fraction of sp³-hybridized carbons (Fsp3) is 0.231. The summed E-state index contributed by atoms with van der Waals surface area (Å²) in [7, 11) is 0. The Morgan fingerprint density at radius 3 is 2.50 bits per heavy atom. The first-order valence-corrected chi connectivity index (χ1v) is 5.87. The van der Waals surface area contributed by atoms with Crippen molar-refractivity contribution in [2.75, 3.05) is 0 Å². The second-order valence-corrected chi connectivity index (χ2v) is 4.32. The van der Waals surface area contributed by atoms with Gasteiger partial charge < -0.3 is 10.3 Å². The van der Waals surface area contributed by atoms with Crippen molar-refractivity contribution in [2.24, 2.45) is 11.7 Å². The van der Waals surface area contributed by atoms with E-state index in [-0.39, 0.29) is 0 Å². The average Bonchev–Trinajstić information content (AvgIpc) is 2.83. The van der Waals surface area contributed by atoms with Crippen LogP contribution < -0.4 is 5.73 Å². The fourth-order valence-electron chi connectivity index (χ4n) is 1.88. The molecule has 106 valence electrons. The standard InChI is InChI=1S/C13H13F3N4/c14-13(15,16)10(11(17)18)8-20-7-6-19-12(20)9-4-2-1-3-5-9/h1-7,10H,8H2,(H3,17,18). The number of halogens is 3. The van der Waals surface area contributed by atoms with E-state index in [0.29, 0.717) is 11.4 Å². The van der Waals surface area contributed by atoms with Crippen LogP contribution in [0.5, 0.6) is 0 Å². The lowest BCUT2D eigenvalue weighted by Gasteiger charge is -2.20. The molecule has 2 aromatic rings. The van der Waals surface area contributed by atoms with Crippen LogP contribution in [0.3, 0.4) is 0 Å². The zero-order chi connectivity index (χ0) is 14.8. The van der Waals surface area contributed by atoms with Gasteiger partial charge in [0.1, 0.15) is 17.6 Å². The van der Waals surface area contributed by atoms with Gasteiger partial charge in [0.05, 0.1) is 0 Å². The maximum absolute atomic E-state index is 12.8. The Balaban J connectivity index is 2.31. The summed E-state index contributed by atoms with van der Waals surface area (Å²) in [6.45, 7) is -0.455. The third-order valence-corrected chi connectivity index (χ3v) is 2.90. The lowest BCUT2D eigenvalue weighted by molar-refractivity contribution is -0.158. The molecule has 0 aliphatic heterocycles. The predicted molar refractivity (Wildman–Crippen MR) is 69.1 cm³/mol. The van der Waals surface area contributed by atoms with Crippen molar-refractivity contribution in [2.45, 2.75) is 12.7 Å². The second kappa shape index (κ2) is 5.36. The first-order valence-electron chi connectivity index (χ1n) is 5.87.